The number of anilines is 1. The maximum absolute atomic E-state index is 11.1. The molecule has 0 saturated carbocycles. The number of nitro benzene ring substituents is 1. The molecule has 10 heteroatoms. The molecule has 0 fully saturated rings. The first-order chi connectivity index (χ1) is 9.91. The van der Waals surface area contributed by atoms with Gasteiger partial charge in [0.1, 0.15) is 6.33 Å². The van der Waals surface area contributed by atoms with E-state index in [2.05, 4.69) is 9.97 Å². The first-order valence-corrected chi connectivity index (χ1v) is 5.58. The Morgan fingerprint density at radius 2 is 1.81 bits per heavy atom. The van der Waals surface area contributed by atoms with E-state index in [0.717, 1.165) is 6.33 Å². The van der Waals surface area contributed by atoms with Crippen LogP contribution < -0.4 is 10.5 Å². The molecule has 2 rings (SSSR count). The van der Waals surface area contributed by atoms with E-state index in [1.54, 1.807) is 0 Å². The minimum Gasteiger partial charge on any atom is -0.426 e. The van der Waals surface area contributed by atoms with Gasteiger partial charge >= 0.3 is 17.3 Å². The molecule has 2 aromatic rings. The van der Waals surface area contributed by atoms with Crippen LogP contribution in [0.3, 0.4) is 0 Å². The van der Waals surface area contributed by atoms with E-state index in [1.807, 2.05) is 0 Å². The molecule has 108 valence electrons. The lowest BCUT2D eigenvalue weighted by Crippen LogP contribution is -2.04. The number of nitro groups is 2. The topological polar surface area (TPSA) is 147 Å². The smallest absolute Gasteiger partial charge is 0.372 e. The fraction of sp³-hybridized carbons (Fsp3) is 0.0909. The highest BCUT2D eigenvalue weighted by atomic mass is 16.6. The Labute approximate surface area is 117 Å². The second-order valence-electron chi connectivity index (χ2n) is 3.95. The third-order valence-electron chi connectivity index (χ3n) is 2.59. The summed E-state index contributed by atoms with van der Waals surface area (Å²) in [6, 6.07) is 4.36. The lowest BCUT2D eigenvalue weighted by molar-refractivity contribution is -0.387. The number of nitrogen functional groups attached to an aromatic ring is 1. The number of nitrogens with zero attached hydrogens (tertiary/aromatic N) is 4. The van der Waals surface area contributed by atoms with E-state index in [1.165, 1.54) is 25.1 Å². The van der Waals surface area contributed by atoms with E-state index in [-0.39, 0.29) is 17.3 Å². The Bertz CT molecular complexity index is 671. The molecule has 0 aliphatic carbocycles. The highest BCUT2D eigenvalue weighted by molar-refractivity contribution is 5.61. The van der Waals surface area contributed by atoms with Crippen LogP contribution in [0.4, 0.5) is 17.2 Å². The standard InChI is InChI=1S/C11H9N5O5/c1-6-3-2-4-7(8(6)15(17)18)21-11-9(16(19)20)10(12)13-5-14-11/h2-5H,1H3,(H2,12,13,14). The highest BCUT2D eigenvalue weighted by Crippen LogP contribution is 2.37. The molecule has 0 saturated heterocycles. The van der Waals surface area contributed by atoms with Gasteiger partial charge in [0.2, 0.25) is 11.6 Å². The quantitative estimate of drug-likeness (QED) is 0.663. The van der Waals surface area contributed by atoms with Gasteiger partial charge in [-0.25, -0.2) is 4.98 Å². The van der Waals surface area contributed by atoms with Gasteiger partial charge in [0.05, 0.1) is 9.85 Å². The van der Waals surface area contributed by atoms with Crippen molar-refractivity contribution in [3.8, 4) is 11.6 Å². The van der Waals surface area contributed by atoms with Crippen LogP contribution in [0.1, 0.15) is 5.56 Å². The Morgan fingerprint density at radius 3 is 2.43 bits per heavy atom. The first-order valence-electron chi connectivity index (χ1n) is 5.58. The molecule has 1 aromatic carbocycles. The second-order valence-corrected chi connectivity index (χ2v) is 3.95. The van der Waals surface area contributed by atoms with E-state index in [0.29, 0.717) is 5.56 Å². The van der Waals surface area contributed by atoms with Crippen LogP contribution >= 0.6 is 0 Å². The van der Waals surface area contributed by atoms with Crippen molar-refractivity contribution in [2.24, 2.45) is 0 Å². The van der Waals surface area contributed by atoms with Crippen molar-refractivity contribution in [2.75, 3.05) is 5.73 Å². The normalized spacial score (nSPS) is 10.1. The molecule has 0 aliphatic heterocycles. The molecule has 0 amide bonds. The summed E-state index contributed by atoms with van der Waals surface area (Å²) in [7, 11) is 0. The average Bonchev–Trinajstić information content (AvgIpc) is 2.37. The van der Waals surface area contributed by atoms with Gasteiger partial charge in [-0.15, -0.1) is 0 Å². The van der Waals surface area contributed by atoms with Gasteiger partial charge in [0.25, 0.3) is 0 Å². The summed E-state index contributed by atoms with van der Waals surface area (Å²) in [5.41, 5.74) is 4.80. The van der Waals surface area contributed by atoms with Crippen LogP contribution in [0.25, 0.3) is 0 Å². The van der Waals surface area contributed by atoms with Crippen LogP contribution in [0.15, 0.2) is 24.5 Å². The van der Waals surface area contributed by atoms with E-state index < -0.39 is 21.4 Å². The van der Waals surface area contributed by atoms with Crippen molar-refractivity contribution in [1.82, 2.24) is 9.97 Å². The molecule has 10 nitrogen and oxygen atoms in total. The van der Waals surface area contributed by atoms with E-state index >= 15 is 0 Å². The van der Waals surface area contributed by atoms with Crippen molar-refractivity contribution in [2.45, 2.75) is 6.92 Å². The molecule has 0 atom stereocenters. The Kier molecular flexibility index (Phi) is 3.61. The molecule has 0 aliphatic rings. The number of ether oxygens (including phenoxy) is 1. The van der Waals surface area contributed by atoms with Crippen molar-refractivity contribution in [1.29, 1.82) is 0 Å². The van der Waals surface area contributed by atoms with Gasteiger partial charge in [0, 0.05) is 5.56 Å². The molecule has 0 bridgehead atoms. The van der Waals surface area contributed by atoms with E-state index in [4.69, 9.17) is 10.5 Å². The number of aryl methyl sites for hydroxylation is 1. The van der Waals surface area contributed by atoms with Crippen LogP contribution in [-0.4, -0.2) is 19.8 Å². The van der Waals surface area contributed by atoms with Gasteiger partial charge in [0.15, 0.2) is 0 Å². The Hall–Kier alpha value is -3.30. The molecular weight excluding hydrogens is 282 g/mol. The molecular formula is C11H9N5O5. The minimum absolute atomic E-state index is 0.166. The average molecular weight is 291 g/mol. The van der Waals surface area contributed by atoms with Crippen molar-refractivity contribution < 1.29 is 14.6 Å². The molecule has 2 N–H and O–H groups in total. The van der Waals surface area contributed by atoms with Gasteiger partial charge in [-0.2, -0.15) is 4.98 Å². The molecule has 1 heterocycles. The van der Waals surface area contributed by atoms with Gasteiger partial charge in [-0.3, -0.25) is 20.2 Å². The largest absolute Gasteiger partial charge is 0.426 e. The summed E-state index contributed by atoms with van der Waals surface area (Å²) in [5, 5.41) is 22.0. The molecule has 0 unspecified atom stereocenters. The van der Waals surface area contributed by atoms with Crippen molar-refractivity contribution in [3.63, 3.8) is 0 Å². The molecule has 0 radical (unpaired) electrons. The second kappa shape index (κ2) is 5.36. The number of para-hydroxylation sites is 1. The summed E-state index contributed by atoms with van der Waals surface area (Å²) >= 11 is 0. The van der Waals surface area contributed by atoms with Crippen LogP contribution in [0, 0.1) is 27.2 Å². The number of aromatic nitrogens is 2. The maximum atomic E-state index is 11.1. The first kappa shape index (κ1) is 14.1. The summed E-state index contributed by atoms with van der Waals surface area (Å²) in [6.45, 7) is 1.52. The minimum atomic E-state index is -0.813. The Morgan fingerprint density at radius 1 is 1.14 bits per heavy atom. The van der Waals surface area contributed by atoms with E-state index in [9.17, 15) is 20.2 Å². The SMILES string of the molecule is Cc1cccc(Oc2ncnc(N)c2[N+](=O)[O-])c1[N+](=O)[O-]. The fourth-order valence-corrected chi connectivity index (χ4v) is 1.67. The monoisotopic (exact) mass is 291 g/mol. The summed E-state index contributed by atoms with van der Waals surface area (Å²) in [6.07, 6.45) is 0.972. The zero-order valence-corrected chi connectivity index (χ0v) is 10.7. The zero-order chi connectivity index (χ0) is 15.6. The summed E-state index contributed by atoms with van der Waals surface area (Å²) in [4.78, 5) is 27.6. The summed E-state index contributed by atoms with van der Waals surface area (Å²) in [5.74, 6) is -1.01. The number of hydrogen-bond acceptors (Lipinski definition) is 8. The third kappa shape index (κ3) is 2.68. The van der Waals surface area contributed by atoms with Crippen molar-refractivity contribution in [3.05, 3.63) is 50.3 Å². The maximum Gasteiger partial charge on any atom is 0.372 e. The Balaban J connectivity index is 2.54. The number of benzene rings is 1. The predicted octanol–water partition coefficient (Wildman–Crippen LogP) is 1.98. The molecule has 21 heavy (non-hydrogen) atoms. The highest BCUT2D eigenvalue weighted by Gasteiger charge is 2.26. The van der Waals surface area contributed by atoms with Crippen LogP contribution in [0.2, 0.25) is 0 Å². The van der Waals surface area contributed by atoms with Crippen LogP contribution in [0.5, 0.6) is 11.6 Å². The number of nitrogens with two attached hydrogens (primary N) is 1. The molecule has 0 spiro atoms. The third-order valence-corrected chi connectivity index (χ3v) is 2.59. The molecule has 1 aromatic heterocycles. The van der Waals surface area contributed by atoms with Crippen molar-refractivity contribution >= 4 is 17.2 Å². The lowest BCUT2D eigenvalue weighted by Gasteiger charge is -2.07. The lowest BCUT2D eigenvalue weighted by atomic mass is 10.2. The zero-order valence-electron chi connectivity index (χ0n) is 10.7. The number of hydrogen-bond donors (Lipinski definition) is 1. The number of rotatable bonds is 4. The van der Waals surface area contributed by atoms with Gasteiger partial charge < -0.3 is 10.5 Å². The summed E-state index contributed by atoms with van der Waals surface area (Å²) < 4.78 is 5.21. The predicted molar refractivity (Wildman–Crippen MR) is 71.0 cm³/mol. The van der Waals surface area contributed by atoms with Gasteiger partial charge in [-0.05, 0) is 13.0 Å². The van der Waals surface area contributed by atoms with Gasteiger partial charge in [-0.1, -0.05) is 12.1 Å². The fourth-order valence-electron chi connectivity index (χ4n) is 1.67. The van der Waals surface area contributed by atoms with Crippen LogP contribution in [-0.2, 0) is 0 Å².